The summed E-state index contributed by atoms with van der Waals surface area (Å²) in [6.45, 7) is 0. The number of aromatic nitrogens is 1. The first-order valence-electron chi connectivity index (χ1n) is 3.52. The van der Waals surface area contributed by atoms with Crippen LogP contribution in [-0.4, -0.2) is 16.1 Å². The van der Waals surface area contributed by atoms with Gasteiger partial charge in [0.2, 0.25) is 0 Å². The molecule has 0 radical (unpaired) electrons. The highest BCUT2D eigenvalue weighted by atomic mass is 35.5. The van der Waals surface area contributed by atoms with E-state index < -0.39 is 5.97 Å². The van der Waals surface area contributed by atoms with Gasteiger partial charge in [-0.25, -0.2) is 9.78 Å². The summed E-state index contributed by atoms with van der Waals surface area (Å²) >= 11 is 16.1. The van der Waals surface area contributed by atoms with Crippen molar-refractivity contribution in [1.82, 2.24) is 4.98 Å². The lowest BCUT2D eigenvalue weighted by molar-refractivity contribution is 0.0692. The third-order valence-electron chi connectivity index (χ3n) is 1.57. The van der Waals surface area contributed by atoms with Gasteiger partial charge in [-0.3, -0.25) is 14.5 Å². The van der Waals surface area contributed by atoms with Gasteiger partial charge in [0.25, 0.3) is 0 Å². The molecular formula is C6H5Cl3N4O2. The maximum Gasteiger partial charge on any atom is 0.356 e. The van der Waals surface area contributed by atoms with Gasteiger partial charge in [-0.1, -0.05) is 0 Å². The Hall–Kier alpha value is -1.11. The number of halogens is 3. The SMILES string of the molecule is O=C(O)c1ncc(NCl)c(NCl)c1NCl. The van der Waals surface area contributed by atoms with E-state index in [1.807, 2.05) is 0 Å². The molecule has 0 unspecified atom stereocenters. The average molecular weight is 271 g/mol. The quantitative estimate of drug-likeness (QED) is 0.629. The Bertz CT molecular complexity index is 387. The molecule has 9 heteroatoms. The van der Waals surface area contributed by atoms with Crippen molar-refractivity contribution in [1.29, 1.82) is 0 Å². The highest BCUT2D eigenvalue weighted by Gasteiger charge is 2.18. The van der Waals surface area contributed by atoms with Crippen LogP contribution in [0, 0.1) is 0 Å². The Morgan fingerprint density at radius 3 is 2.20 bits per heavy atom. The van der Waals surface area contributed by atoms with Crippen molar-refractivity contribution in [3.63, 3.8) is 0 Å². The van der Waals surface area contributed by atoms with Crippen molar-refractivity contribution < 1.29 is 9.90 Å². The first kappa shape index (κ1) is 12.0. The van der Waals surface area contributed by atoms with Crippen LogP contribution in [0.1, 0.15) is 10.5 Å². The third-order valence-corrected chi connectivity index (χ3v) is 2.15. The van der Waals surface area contributed by atoms with Gasteiger partial charge in [0.1, 0.15) is 11.4 Å². The minimum atomic E-state index is -1.24. The van der Waals surface area contributed by atoms with Gasteiger partial charge in [0.05, 0.1) is 11.9 Å². The van der Waals surface area contributed by atoms with E-state index in [0.717, 1.165) is 0 Å². The van der Waals surface area contributed by atoms with Crippen LogP contribution in [0.15, 0.2) is 6.20 Å². The number of aromatic carboxylic acids is 1. The van der Waals surface area contributed by atoms with Crippen LogP contribution in [0.2, 0.25) is 0 Å². The number of rotatable bonds is 4. The predicted molar refractivity (Wildman–Crippen MR) is 59.6 cm³/mol. The van der Waals surface area contributed by atoms with E-state index in [2.05, 4.69) is 19.5 Å². The van der Waals surface area contributed by atoms with Crippen molar-refractivity contribution in [2.45, 2.75) is 0 Å². The fourth-order valence-electron chi connectivity index (χ4n) is 0.935. The number of pyridine rings is 1. The van der Waals surface area contributed by atoms with Crippen molar-refractivity contribution in [2.24, 2.45) is 0 Å². The number of nitrogens with zero attached hydrogens (tertiary/aromatic N) is 1. The Balaban J connectivity index is 3.40. The minimum absolute atomic E-state index is 0.0183. The van der Waals surface area contributed by atoms with Gasteiger partial charge in [-0.2, -0.15) is 0 Å². The zero-order chi connectivity index (χ0) is 11.4. The van der Waals surface area contributed by atoms with Crippen molar-refractivity contribution in [3.8, 4) is 0 Å². The molecule has 1 aromatic heterocycles. The molecule has 1 heterocycles. The van der Waals surface area contributed by atoms with Crippen molar-refractivity contribution in [2.75, 3.05) is 14.5 Å². The van der Waals surface area contributed by atoms with Crippen LogP contribution in [-0.2, 0) is 0 Å². The molecule has 0 saturated carbocycles. The standard InChI is InChI=1S/C6H5Cl3N4O2/c7-11-2-1-10-5(6(14)15)4(13-9)3(2)12-8/h1,11,13H,(H,10,12)(H,14,15). The lowest BCUT2D eigenvalue weighted by Crippen LogP contribution is -2.07. The van der Waals surface area contributed by atoms with Gasteiger partial charge in [-0.15, -0.1) is 0 Å². The van der Waals surface area contributed by atoms with Gasteiger partial charge < -0.3 is 5.11 Å². The molecule has 6 nitrogen and oxygen atoms in total. The molecule has 0 aliphatic heterocycles. The van der Waals surface area contributed by atoms with Crippen LogP contribution in [0.5, 0.6) is 0 Å². The first-order chi connectivity index (χ1) is 7.15. The number of nitrogens with one attached hydrogen (secondary N) is 3. The summed E-state index contributed by atoms with van der Waals surface area (Å²) in [5.74, 6) is -1.24. The van der Waals surface area contributed by atoms with Gasteiger partial charge in [0.15, 0.2) is 5.69 Å². The zero-order valence-electron chi connectivity index (χ0n) is 7.01. The Kier molecular flexibility index (Phi) is 4.07. The van der Waals surface area contributed by atoms with Gasteiger partial charge in [0, 0.05) is 35.3 Å². The van der Waals surface area contributed by atoms with Crippen molar-refractivity contribution in [3.05, 3.63) is 11.9 Å². The summed E-state index contributed by atoms with van der Waals surface area (Å²) < 4.78 is 0. The number of anilines is 3. The van der Waals surface area contributed by atoms with E-state index >= 15 is 0 Å². The molecule has 0 bridgehead atoms. The van der Waals surface area contributed by atoms with Crippen LogP contribution in [0.4, 0.5) is 17.1 Å². The number of hydrogen-bond donors (Lipinski definition) is 4. The van der Waals surface area contributed by atoms with E-state index in [-0.39, 0.29) is 17.1 Å². The lowest BCUT2D eigenvalue weighted by atomic mass is 10.2. The highest BCUT2D eigenvalue weighted by molar-refractivity contribution is 6.32. The monoisotopic (exact) mass is 270 g/mol. The molecule has 1 rings (SSSR count). The summed E-state index contributed by atoms with van der Waals surface area (Å²) in [7, 11) is 0. The number of carboxylic acids is 1. The normalized spacial score (nSPS) is 9.53. The van der Waals surface area contributed by atoms with Crippen LogP contribution < -0.4 is 14.5 Å². The van der Waals surface area contributed by atoms with E-state index in [0.29, 0.717) is 5.69 Å². The lowest BCUT2D eigenvalue weighted by Gasteiger charge is -2.11. The maximum absolute atomic E-state index is 10.8. The summed E-state index contributed by atoms with van der Waals surface area (Å²) in [5, 5.41) is 8.79. The minimum Gasteiger partial charge on any atom is -0.476 e. The molecule has 0 atom stereocenters. The second-order valence-electron chi connectivity index (χ2n) is 2.36. The molecule has 4 N–H and O–H groups in total. The molecule has 1 aromatic rings. The highest BCUT2D eigenvalue weighted by Crippen LogP contribution is 2.34. The van der Waals surface area contributed by atoms with Gasteiger partial charge >= 0.3 is 5.97 Å². The topological polar surface area (TPSA) is 86.3 Å². The molecule has 82 valence electrons. The Morgan fingerprint density at radius 2 is 1.80 bits per heavy atom. The van der Waals surface area contributed by atoms with Crippen molar-refractivity contribution >= 4 is 58.4 Å². The zero-order valence-corrected chi connectivity index (χ0v) is 9.28. The Morgan fingerprint density at radius 1 is 1.20 bits per heavy atom. The number of carbonyl (C=O) groups is 1. The second kappa shape index (κ2) is 5.11. The molecule has 0 saturated heterocycles. The first-order valence-corrected chi connectivity index (χ1v) is 4.65. The van der Waals surface area contributed by atoms with Gasteiger partial charge in [-0.05, 0) is 0 Å². The summed E-state index contributed by atoms with van der Waals surface area (Å²) in [6, 6.07) is 0. The largest absolute Gasteiger partial charge is 0.476 e. The van der Waals surface area contributed by atoms with Crippen LogP contribution in [0.3, 0.4) is 0 Å². The second-order valence-corrected chi connectivity index (χ2v) is 2.93. The third kappa shape index (κ3) is 2.28. The number of carboxylic acid groups (broad SMARTS) is 1. The maximum atomic E-state index is 10.8. The fraction of sp³-hybridized carbons (Fsp3) is 0. The summed E-state index contributed by atoms with van der Waals surface area (Å²) in [4.78, 5) is 21.0. The van der Waals surface area contributed by atoms with E-state index in [1.54, 1.807) is 0 Å². The molecule has 0 aliphatic rings. The average Bonchev–Trinajstić information content (AvgIpc) is 2.26. The van der Waals surface area contributed by atoms with E-state index in [4.69, 9.17) is 40.4 Å². The van der Waals surface area contributed by atoms with Crippen LogP contribution >= 0.6 is 35.3 Å². The molecule has 0 aromatic carbocycles. The predicted octanol–water partition coefficient (Wildman–Crippen LogP) is 2.48. The fourth-order valence-corrected chi connectivity index (χ4v) is 1.46. The van der Waals surface area contributed by atoms with E-state index in [1.165, 1.54) is 6.20 Å². The summed E-state index contributed by atoms with van der Waals surface area (Å²) in [6.07, 6.45) is 1.21. The molecule has 0 spiro atoms. The molecule has 0 amide bonds. The smallest absolute Gasteiger partial charge is 0.356 e. The van der Waals surface area contributed by atoms with Crippen LogP contribution in [0.25, 0.3) is 0 Å². The Labute approximate surface area is 99.9 Å². The molecule has 15 heavy (non-hydrogen) atoms. The molecule has 0 fully saturated rings. The molecule has 0 aliphatic carbocycles. The summed E-state index contributed by atoms with van der Waals surface area (Å²) in [5.41, 5.74) is 0.225. The molecular weight excluding hydrogens is 266 g/mol. The van der Waals surface area contributed by atoms with E-state index in [9.17, 15) is 4.79 Å². The number of hydrogen-bond acceptors (Lipinski definition) is 5.